The lowest BCUT2D eigenvalue weighted by atomic mass is 10.0. The first-order valence-corrected chi connectivity index (χ1v) is 10.7. The van der Waals surface area contributed by atoms with E-state index in [1.165, 1.54) is 25.7 Å². The molecule has 6 heteroatoms. The van der Waals surface area contributed by atoms with Gasteiger partial charge in [-0.05, 0) is 50.4 Å². The average Bonchev–Trinajstić information content (AvgIpc) is 3.13. The molecule has 0 saturated carbocycles. The van der Waals surface area contributed by atoms with Crippen molar-refractivity contribution in [2.75, 3.05) is 26.2 Å². The predicted molar refractivity (Wildman–Crippen MR) is 114 cm³/mol. The number of unbranched alkanes of at least 4 members (excludes halogenated alkanes) is 1. The van der Waals surface area contributed by atoms with E-state index in [1.807, 2.05) is 24.4 Å². The average molecular weight is 387 g/mol. The Bertz CT molecular complexity index is 745. The molecular formula is C22H34N4O2. The van der Waals surface area contributed by atoms with E-state index < -0.39 is 0 Å². The first-order chi connectivity index (χ1) is 13.7. The molecule has 2 unspecified atom stereocenters. The van der Waals surface area contributed by atoms with Crippen LogP contribution in [0.5, 0.6) is 0 Å². The number of rotatable bonds is 9. The highest BCUT2D eigenvalue weighted by atomic mass is 16.3. The number of amides is 2. The molecule has 2 atom stereocenters. The van der Waals surface area contributed by atoms with Gasteiger partial charge in [0.1, 0.15) is 0 Å². The summed E-state index contributed by atoms with van der Waals surface area (Å²) in [5.41, 5.74) is 2.18. The zero-order valence-corrected chi connectivity index (χ0v) is 16.9. The van der Waals surface area contributed by atoms with E-state index in [1.54, 1.807) is 0 Å². The number of hydrogen-bond acceptors (Lipinski definition) is 3. The molecule has 1 aromatic heterocycles. The Morgan fingerprint density at radius 2 is 2.21 bits per heavy atom. The molecule has 3 rings (SSSR count). The van der Waals surface area contributed by atoms with Crippen LogP contribution in [0, 0.1) is 0 Å². The second-order valence-electron chi connectivity index (χ2n) is 7.84. The molecule has 1 aromatic carbocycles. The molecule has 0 aliphatic carbocycles. The van der Waals surface area contributed by atoms with Crippen LogP contribution >= 0.6 is 0 Å². The van der Waals surface area contributed by atoms with Crippen molar-refractivity contribution in [3.63, 3.8) is 0 Å². The van der Waals surface area contributed by atoms with Crippen molar-refractivity contribution < 1.29 is 9.90 Å². The summed E-state index contributed by atoms with van der Waals surface area (Å²) in [6.07, 6.45) is 8.59. The molecule has 0 spiro atoms. The summed E-state index contributed by atoms with van der Waals surface area (Å²) >= 11 is 0. The van der Waals surface area contributed by atoms with Crippen LogP contribution < -0.4 is 10.6 Å². The molecule has 154 valence electrons. The number of fused-ring (bicyclic) bond motifs is 1. The largest absolute Gasteiger partial charge is 0.394 e. The van der Waals surface area contributed by atoms with Gasteiger partial charge in [-0.1, -0.05) is 38.0 Å². The highest BCUT2D eigenvalue weighted by Crippen LogP contribution is 2.19. The van der Waals surface area contributed by atoms with Gasteiger partial charge in [0.2, 0.25) is 0 Å². The Hall–Kier alpha value is -2.05. The van der Waals surface area contributed by atoms with E-state index in [-0.39, 0.29) is 18.7 Å². The Morgan fingerprint density at radius 3 is 3.04 bits per heavy atom. The number of aromatic nitrogens is 1. The summed E-state index contributed by atoms with van der Waals surface area (Å²) in [6, 6.07) is 8.01. The number of hydrogen-bond donors (Lipinski definition) is 4. The van der Waals surface area contributed by atoms with Crippen molar-refractivity contribution in [1.82, 2.24) is 20.5 Å². The van der Waals surface area contributed by atoms with Crippen LogP contribution in [0.2, 0.25) is 0 Å². The molecule has 28 heavy (non-hydrogen) atoms. The molecule has 2 heterocycles. The van der Waals surface area contributed by atoms with Crippen molar-refractivity contribution >= 4 is 16.9 Å². The molecule has 4 N–H and O–H groups in total. The molecule has 1 fully saturated rings. The molecule has 0 bridgehead atoms. The molecule has 1 saturated heterocycles. The van der Waals surface area contributed by atoms with Gasteiger partial charge in [0.05, 0.1) is 12.6 Å². The summed E-state index contributed by atoms with van der Waals surface area (Å²) in [7, 11) is 0. The standard InChI is InChI=1S/C22H34N4O2/c1-2-3-11-26-12-7-6-8-19(26)15-24-22(28)25-18(16-27)13-17-14-23-21-10-5-4-9-20(17)21/h4-5,9-10,14,18-19,23,27H,2-3,6-8,11-13,15-16H2,1H3,(H2,24,25,28). The first-order valence-electron chi connectivity index (χ1n) is 10.7. The molecule has 6 nitrogen and oxygen atoms in total. The summed E-state index contributed by atoms with van der Waals surface area (Å²) < 4.78 is 0. The van der Waals surface area contributed by atoms with E-state index in [0.717, 1.165) is 36.0 Å². The van der Waals surface area contributed by atoms with E-state index in [0.29, 0.717) is 19.0 Å². The van der Waals surface area contributed by atoms with Crippen molar-refractivity contribution in [1.29, 1.82) is 0 Å². The fourth-order valence-electron chi connectivity index (χ4n) is 4.12. The lowest BCUT2D eigenvalue weighted by molar-refractivity contribution is 0.143. The summed E-state index contributed by atoms with van der Waals surface area (Å²) in [5, 5.41) is 16.8. The first kappa shape index (κ1) is 20.7. The second kappa shape index (κ2) is 10.5. The van der Waals surface area contributed by atoms with E-state index in [9.17, 15) is 9.90 Å². The van der Waals surface area contributed by atoms with E-state index >= 15 is 0 Å². The Balaban J connectivity index is 1.49. The maximum Gasteiger partial charge on any atom is 0.315 e. The number of aliphatic hydroxyl groups is 1. The molecular weight excluding hydrogens is 352 g/mol. The number of likely N-dealkylation sites (tertiary alicyclic amines) is 1. The third kappa shape index (κ3) is 5.49. The fraction of sp³-hybridized carbons (Fsp3) is 0.591. The third-order valence-electron chi connectivity index (χ3n) is 5.74. The molecule has 1 aliphatic heterocycles. The SMILES string of the molecule is CCCCN1CCCCC1CNC(=O)NC(CO)Cc1c[nH]c2ccccc12. The minimum absolute atomic E-state index is 0.0843. The van der Waals surface area contributed by atoms with Crippen LogP contribution in [0.1, 0.15) is 44.6 Å². The highest BCUT2D eigenvalue weighted by molar-refractivity contribution is 5.83. The summed E-state index contributed by atoms with van der Waals surface area (Å²) in [5.74, 6) is 0. The Labute approximate surface area is 167 Å². The lowest BCUT2D eigenvalue weighted by Gasteiger charge is -2.35. The zero-order valence-electron chi connectivity index (χ0n) is 16.9. The number of benzene rings is 1. The molecule has 2 amide bonds. The van der Waals surface area contributed by atoms with Crippen molar-refractivity contribution in [2.24, 2.45) is 0 Å². The smallest absolute Gasteiger partial charge is 0.315 e. The van der Waals surface area contributed by atoms with Crippen LogP contribution in [-0.4, -0.2) is 59.3 Å². The second-order valence-corrected chi connectivity index (χ2v) is 7.84. The number of urea groups is 1. The number of aromatic amines is 1. The van der Waals surface area contributed by atoms with Crippen LogP contribution in [0.4, 0.5) is 4.79 Å². The van der Waals surface area contributed by atoms with E-state index in [4.69, 9.17) is 0 Å². The number of H-pyrrole nitrogens is 1. The van der Waals surface area contributed by atoms with Gasteiger partial charge in [0.15, 0.2) is 0 Å². The third-order valence-corrected chi connectivity index (χ3v) is 5.74. The topological polar surface area (TPSA) is 80.4 Å². The Kier molecular flexibility index (Phi) is 7.74. The van der Waals surface area contributed by atoms with Crippen LogP contribution in [0.25, 0.3) is 10.9 Å². The quantitative estimate of drug-likeness (QED) is 0.535. The lowest BCUT2D eigenvalue weighted by Crippen LogP contribution is -2.51. The summed E-state index contributed by atoms with van der Waals surface area (Å²) in [6.45, 7) is 5.05. The van der Waals surface area contributed by atoms with Gasteiger partial charge in [-0.3, -0.25) is 4.90 Å². The maximum atomic E-state index is 12.4. The van der Waals surface area contributed by atoms with Gasteiger partial charge in [-0.25, -0.2) is 4.79 Å². The number of nitrogens with zero attached hydrogens (tertiary/aromatic N) is 1. The number of nitrogens with one attached hydrogen (secondary N) is 3. The number of para-hydroxylation sites is 1. The van der Waals surface area contributed by atoms with E-state index in [2.05, 4.69) is 33.5 Å². The van der Waals surface area contributed by atoms with Gasteiger partial charge in [-0.15, -0.1) is 0 Å². The normalized spacial score (nSPS) is 18.9. The molecule has 2 aromatic rings. The fourth-order valence-corrected chi connectivity index (χ4v) is 4.12. The van der Waals surface area contributed by atoms with Crippen LogP contribution in [0.3, 0.4) is 0 Å². The van der Waals surface area contributed by atoms with Gasteiger partial charge in [0, 0.05) is 29.7 Å². The van der Waals surface area contributed by atoms with Gasteiger partial charge in [-0.2, -0.15) is 0 Å². The van der Waals surface area contributed by atoms with Crippen molar-refractivity contribution in [3.8, 4) is 0 Å². The maximum absolute atomic E-state index is 12.4. The molecule has 0 radical (unpaired) electrons. The van der Waals surface area contributed by atoms with Crippen LogP contribution in [-0.2, 0) is 6.42 Å². The zero-order chi connectivity index (χ0) is 19.8. The number of carbonyl (C=O) groups is 1. The Morgan fingerprint density at radius 1 is 1.36 bits per heavy atom. The van der Waals surface area contributed by atoms with Crippen LogP contribution in [0.15, 0.2) is 30.5 Å². The minimum atomic E-state index is -0.304. The van der Waals surface area contributed by atoms with Gasteiger partial charge < -0.3 is 20.7 Å². The predicted octanol–water partition coefficient (Wildman–Crippen LogP) is 3.03. The number of aliphatic hydroxyl groups excluding tert-OH is 1. The number of carbonyl (C=O) groups excluding carboxylic acids is 1. The summed E-state index contributed by atoms with van der Waals surface area (Å²) in [4.78, 5) is 18.2. The highest BCUT2D eigenvalue weighted by Gasteiger charge is 2.22. The van der Waals surface area contributed by atoms with Gasteiger partial charge in [0.25, 0.3) is 0 Å². The number of piperidine rings is 1. The van der Waals surface area contributed by atoms with Gasteiger partial charge >= 0.3 is 6.03 Å². The minimum Gasteiger partial charge on any atom is -0.394 e. The molecule has 1 aliphatic rings. The van der Waals surface area contributed by atoms with Crippen molar-refractivity contribution in [3.05, 3.63) is 36.0 Å². The monoisotopic (exact) mass is 386 g/mol. The van der Waals surface area contributed by atoms with Crippen molar-refractivity contribution in [2.45, 2.75) is 57.5 Å².